The second kappa shape index (κ2) is 9.57. The minimum Gasteiger partial charge on any atom is -0.393 e. The van der Waals surface area contributed by atoms with E-state index in [-0.39, 0.29) is 18.1 Å². The van der Waals surface area contributed by atoms with Crippen LogP contribution in [0, 0.1) is 0 Å². The Bertz CT molecular complexity index is 186. The molecular formula is C11H24N2O3. The van der Waals surface area contributed by atoms with E-state index < -0.39 is 0 Å². The molecule has 0 heterocycles. The maximum atomic E-state index is 11.5. The Hall–Kier alpha value is -0.650. The molecule has 0 radical (unpaired) electrons. The fraction of sp³-hybridized carbons (Fsp3) is 0.909. The van der Waals surface area contributed by atoms with Gasteiger partial charge < -0.3 is 20.5 Å². The first-order chi connectivity index (χ1) is 7.57. The van der Waals surface area contributed by atoms with E-state index in [2.05, 4.69) is 10.6 Å². The van der Waals surface area contributed by atoms with Gasteiger partial charge in [-0.25, -0.2) is 0 Å². The van der Waals surface area contributed by atoms with Gasteiger partial charge >= 0.3 is 0 Å². The third kappa shape index (κ3) is 8.64. The summed E-state index contributed by atoms with van der Waals surface area (Å²) in [6.45, 7) is 5.39. The van der Waals surface area contributed by atoms with Crippen LogP contribution in [0.2, 0.25) is 0 Å². The molecule has 16 heavy (non-hydrogen) atoms. The number of hydrogen-bond acceptors (Lipinski definition) is 4. The molecule has 1 amide bonds. The smallest absolute Gasteiger partial charge is 0.236 e. The van der Waals surface area contributed by atoms with Crippen LogP contribution in [-0.2, 0) is 9.53 Å². The third-order valence-electron chi connectivity index (χ3n) is 2.25. The molecule has 5 nitrogen and oxygen atoms in total. The van der Waals surface area contributed by atoms with Crippen LogP contribution in [0.3, 0.4) is 0 Å². The van der Waals surface area contributed by atoms with Crippen LogP contribution < -0.4 is 10.6 Å². The molecule has 0 fully saturated rings. The van der Waals surface area contributed by atoms with Crippen LogP contribution in [0.5, 0.6) is 0 Å². The van der Waals surface area contributed by atoms with Gasteiger partial charge in [-0.05, 0) is 33.2 Å². The lowest BCUT2D eigenvalue weighted by atomic mass is 10.2. The highest BCUT2D eigenvalue weighted by atomic mass is 16.5. The molecule has 2 unspecified atom stereocenters. The lowest BCUT2D eigenvalue weighted by Gasteiger charge is -2.14. The van der Waals surface area contributed by atoms with Gasteiger partial charge in [0.15, 0.2) is 0 Å². The zero-order chi connectivity index (χ0) is 12.4. The van der Waals surface area contributed by atoms with Crippen LogP contribution >= 0.6 is 0 Å². The molecule has 5 heteroatoms. The van der Waals surface area contributed by atoms with Crippen molar-refractivity contribution < 1.29 is 14.6 Å². The van der Waals surface area contributed by atoms with Gasteiger partial charge in [-0.1, -0.05) is 0 Å². The molecule has 0 saturated carbocycles. The van der Waals surface area contributed by atoms with Gasteiger partial charge in [0.1, 0.15) is 0 Å². The number of methoxy groups -OCH3 is 1. The summed E-state index contributed by atoms with van der Waals surface area (Å²) in [4.78, 5) is 11.5. The fourth-order valence-electron chi connectivity index (χ4n) is 1.24. The molecule has 0 aliphatic rings. The lowest BCUT2D eigenvalue weighted by molar-refractivity contribution is -0.122. The fourth-order valence-corrected chi connectivity index (χ4v) is 1.24. The summed E-state index contributed by atoms with van der Waals surface area (Å²) in [6.07, 6.45) is 1.35. The van der Waals surface area contributed by atoms with Crippen molar-refractivity contribution in [3.8, 4) is 0 Å². The summed E-state index contributed by atoms with van der Waals surface area (Å²) in [5.74, 6) is -0.0194. The maximum Gasteiger partial charge on any atom is 0.236 e. The first kappa shape index (κ1) is 15.3. The largest absolute Gasteiger partial charge is 0.393 e. The van der Waals surface area contributed by atoms with E-state index >= 15 is 0 Å². The molecule has 3 N–H and O–H groups in total. The number of carbonyl (C=O) groups is 1. The number of nitrogens with one attached hydrogen (secondary N) is 2. The quantitative estimate of drug-likeness (QED) is 0.485. The lowest BCUT2D eigenvalue weighted by Crippen LogP contribution is -2.43. The minimum atomic E-state index is -0.271. The highest BCUT2D eigenvalue weighted by molar-refractivity contribution is 5.81. The van der Waals surface area contributed by atoms with Crippen molar-refractivity contribution in [2.45, 2.75) is 38.8 Å². The van der Waals surface area contributed by atoms with Gasteiger partial charge in [0.05, 0.1) is 18.8 Å². The molecule has 0 rings (SSSR count). The van der Waals surface area contributed by atoms with Crippen molar-refractivity contribution in [1.82, 2.24) is 10.6 Å². The van der Waals surface area contributed by atoms with Crippen molar-refractivity contribution in [1.29, 1.82) is 0 Å². The number of ether oxygens (including phenoxy) is 1. The molecule has 2 atom stereocenters. The second-order valence-electron chi connectivity index (χ2n) is 3.95. The summed E-state index contributed by atoms with van der Waals surface area (Å²) >= 11 is 0. The molecule has 96 valence electrons. The van der Waals surface area contributed by atoms with Gasteiger partial charge in [0, 0.05) is 13.7 Å². The SMILES string of the molecule is COCCNC(=O)C(C)NCCCC(C)O. The predicted octanol–water partition coefficient (Wildman–Crippen LogP) is -0.112. The number of carbonyl (C=O) groups excluding carboxylic acids is 1. The summed E-state index contributed by atoms with van der Waals surface area (Å²) in [5.41, 5.74) is 0. The van der Waals surface area contributed by atoms with Gasteiger partial charge in [0.25, 0.3) is 0 Å². The van der Waals surface area contributed by atoms with Crippen LogP contribution in [0.4, 0.5) is 0 Å². The number of rotatable bonds is 9. The van der Waals surface area contributed by atoms with Crippen molar-refractivity contribution in [2.75, 3.05) is 26.8 Å². The molecule has 0 aliphatic heterocycles. The Labute approximate surface area is 97.6 Å². The highest BCUT2D eigenvalue weighted by Crippen LogP contribution is 1.94. The Morgan fingerprint density at radius 2 is 2.06 bits per heavy atom. The number of amides is 1. The second-order valence-corrected chi connectivity index (χ2v) is 3.95. The van der Waals surface area contributed by atoms with Crippen molar-refractivity contribution in [3.63, 3.8) is 0 Å². The summed E-state index contributed by atoms with van der Waals surface area (Å²) < 4.78 is 4.83. The monoisotopic (exact) mass is 232 g/mol. The molecule has 0 aliphatic carbocycles. The van der Waals surface area contributed by atoms with Gasteiger partial charge in [0.2, 0.25) is 5.91 Å². The molecule has 0 bridgehead atoms. The van der Waals surface area contributed by atoms with Gasteiger partial charge in [-0.2, -0.15) is 0 Å². The van der Waals surface area contributed by atoms with E-state index in [1.165, 1.54) is 0 Å². The molecule has 0 spiro atoms. The molecule has 0 aromatic heterocycles. The standard InChI is InChI=1S/C11H24N2O3/c1-9(14)5-4-6-12-10(2)11(15)13-7-8-16-3/h9-10,12,14H,4-8H2,1-3H3,(H,13,15). The summed E-state index contributed by atoms with van der Waals surface area (Å²) in [6, 6.07) is -0.203. The summed E-state index contributed by atoms with van der Waals surface area (Å²) in [5, 5.41) is 14.9. The van der Waals surface area contributed by atoms with E-state index in [4.69, 9.17) is 9.84 Å². The average Bonchev–Trinajstić information content (AvgIpc) is 2.24. The van der Waals surface area contributed by atoms with Crippen LogP contribution in [0.25, 0.3) is 0 Å². The Morgan fingerprint density at radius 3 is 2.62 bits per heavy atom. The van der Waals surface area contributed by atoms with E-state index in [0.29, 0.717) is 13.2 Å². The Morgan fingerprint density at radius 1 is 1.38 bits per heavy atom. The average molecular weight is 232 g/mol. The summed E-state index contributed by atoms with van der Waals surface area (Å²) in [7, 11) is 1.60. The normalized spacial score (nSPS) is 14.5. The molecular weight excluding hydrogens is 208 g/mol. The van der Waals surface area contributed by atoms with Crippen LogP contribution in [-0.4, -0.2) is 50.0 Å². The van der Waals surface area contributed by atoms with E-state index in [1.54, 1.807) is 14.0 Å². The van der Waals surface area contributed by atoms with Gasteiger partial charge in [-0.3, -0.25) is 4.79 Å². The van der Waals surface area contributed by atoms with E-state index in [0.717, 1.165) is 19.4 Å². The van der Waals surface area contributed by atoms with Crippen LogP contribution in [0.1, 0.15) is 26.7 Å². The zero-order valence-electron chi connectivity index (χ0n) is 10.5. The number of aliphatic hydroxyl groups is 1. The first-order valence-electron chi connectivity index (χ1n) is 5.76. The first-order valence-corrected chi connectivity index (χ1v) is 5.76. The molecule has 0 aromatic rings. The van der Waals surface area contributed by atoms with Crippen molar-refractivity contribution in [3.05, 3.63) is 0 Å². The third-order valence-corrected chi connectivity index (χ3v) is 2.25. The van der Waals surface area contributed by atoms with Gasteiger partial charge in [-0.15, -0.1) is 0 Å². The molecule has 0 aromatic carbocycles. The van der Waals surface area contributed by atoms with Crippen LogP contribution in [0.15, 0.2) is 0 Å². The minimum absolute atomic E-state index is 0.0194. The maximum absolute atomic E-state index is 11.5. The van der Waals surface area contributed by atoms with E-state index in [1.807, 2.05) is 6.92 Å². The number of aliphatic hydroxyl groups excluding tert-OH is 1. The highest BCUT2D eigenvalue weighted by Gasteiger charge is 2.10. The van der Waals surface area contributed by atoms with Crippen molar-refractivity contribution in [2.24, 2.45) is 0 Å². The Balaban J connectivity index is 3.47. The Kier molecular flexibility index (Phi) is 9.18. The van der Waals surface area contributed by atoms with E-state index in [9.17, 15) is 4.79 Å². The zero-order valence-corrected chi connectivity index (χ0v) is 10.5. The predicted molar refractivity (Wildman–Crippen MR) is 63.3 cm³/mol. The number of hydrogen-bond donors (Lipinski definition) is 3. The molecule has 0 saturated heterocycles. The van der Waals surface area contributed by atoms with Crippen molar-refractivity contribution >= 4 is 5.91 Å². The topological polar surface area (TPSA) is 70.6 Å².